The van der Waals surface area contributed by atoms with E-state index in [0.717, 1.165) is 83.5 Å². The van der Waals surface area contributed by atoms with Crippen molar-refractivity contribution in [2.24, 2.45) is 0 Å². The third kappa shape index (κ3) is 33.9. The maximum atomic E-state index is 13.4. The number of carbonyl (C=O) groups excluding carboxylic acids is 1. The van der Waals surface area contributed by atoms with E-state index in [2.05, 4.69) is 92.1 Å². The molecule has 1 amide bonds. The number of ether oxygens (including phenoxy) is 6. The Morgan fingerprint density at radius 2 is 0.778 bits per heavy atom. The SMILES string of the molecule is CC/C=C\C/C=C\C/C=C\C/C=C\CCCCCCCCCCCCC(=O)NC(COC1OC(CO)C(OC2OC(CO)C(OC3OC(CO)C(O)C(O)C3O)C(O)C2O)C(O)C1O)C(O)/C=C/CC/C=C/CC/C=C/CCCCCCCCCCCCCC. The van der Waals surface area contributed by atoms with Gasteiger partial charge in [0.05, 0.1) is 38.6 Å². The van der Waals surface area contributed by atoms with Gasteiger partial charge in [-0.25, -0.2) is 0 Å². The van der Waals surface area contributed by atoms with Crippen LogP contribution >= 0.6 is 0 Å². The minimum atomic E-state index is -1.99. The van der Waals surface area contributed by atoms with E-state index in [0.29, 0.717) is 12.8 Å². The molecule has 19 nitrogen and oxygen atoms in total. The number of rotatable bonds is 52. The zero-order valence-corrected chi connectivity index (χ0v) is 54.8. The Kier molecular flexibility index (Phi) is 47.2. The van der Waals surface area contributed by atoms with Gasteiger partial charge in [-0.1, -0.05) is 221 Å². The van der Waals surface area contributed by atoms with Gasteiger partial charge in [0.25, 0.3) is 0 Å². The van der Waals surface area contributed by atoms with Gasteiger partial charge in [0.2, 0.25) is 5.91 Å². The van der Waals surface area contributed by atoms with E-state index in [1.54, 1.807) is 6.08 Å². The summed E-state index contributed by atoms with van der Waals surface area (Å²) in [5, 5.41) is 121. The maximum Gasteiger partial charge on any atom is 0.220 e. The second kappa shape index (κ2) is 52.3. The van der Waals surface area contributed by atoms with E-state index in [1.807, 2.05) is 6.08 Å². The summed E-state index contributed by atoms with van der Waals surface area (Å²) >= 11 is 0. The molecule has 17 atom stereocenters. The third-order valence-corrected chi connectivity index (χ3v) is 16.9. The molecule has 520 valence electrons. The zero-order chi connectivity index (χ0) is 65.4. The van der Waals surface area contributed by atoms with E-state index in [1.165, 1.54) is 109 Å². The Labute approximate surface area is 540 Å². The van der Waals surface area contributed by atoms with Crippen molar-refractivity contribution in [3.8, 4) is 0 Å². The molecular formula is C71H123NO18. The minimum absolute atomic E-state index is 0.222. The molecular weight excluding hydrogens is 1150 g/mol. The fourth-order valence-electron chi connectivity index (χ4n) is 11.3. The highest BCUT2D eigenvalue weighted by molar-refractivity contribution is 5.76. The molecule has 0 spiro atoms. The van der Waals surface area contributed by atoms with Crippen LogP contribution in [0, 0.1) is 0 Å². The molecule has 3 aliphatic rings. The van der Waals surface area contributed by atoms with Crippen LogP contribution in [0.25, 0.3) is 0 Å². The van der Waals surface area contributed by atoms with Gasteiger partial charge in [0.15, 0.2) is 18.9 Å². The van der Waals surface area contributed by atoms with Gasteiger partial charge in [-0.15, -0.1) is 0 Å². The van der Waals surface area contributed by atoms with Crippen LogP contribution in [0.1, 0.15) is 226 Å². The van der Waals surface area contributed by atoms with E-state index < -0.39 is 124 Å². The fourth-order valence-corrected chi connectivity index (χ4v) is 11.3. The Morgan fingerprint density at radius 1 is 0.411 bits per heavy atom. The molecule has 19 heteroatoms. The Hall–Kier alpha value is -3.03. The smallest absolute Gasteiger partial charge is 0.220 e. The van der Waals surface area contributed by atoms with Crippen LogP contribution in [-0.4, -0.2) is 193 Å². The van der Waals surface area contributed by atoms with Crippen LogP contribution in [0.5, 0.6) is 0 Å². The molecule has 3 heterocycles. The Bertz CT molecular complexity index is 1960. The lowest BCUT2D eigenvalue weighted by atomic mass is 9.96. The van der Waals surface area contributed by atoms with Crippen LogP contribution in [0.15, 0.2) is 85.1 Å². The number of hydrogen-bond donors (Lipinski definition) is 12. The molecule has 0 saturated carbocycles. The molecule has 0 aliphatic carbocycles. The second-order valence-corrected chi connectivity index (χ2v) is 24.6. The van der Waals surface area contributed by atoms with Gasteiger partial charge in [-0.2, -0.15) is 0 Å². The molecule has 3 saturated heterocycles. The van der Waals surface area contributed by atoms with Crippen LogP contribution in [0.3, 0.4) is 0 Å². The van der Waals surface area contributed by atoms with Crippen molar-refractivity contribution >= 4 is 5.91 Å². The van der Waals surface area contributed by atoms with Crippen molar-refractivity contribution in [2.75, 3.05) is 26.4 Å². The van der Waals surface area contributed by atoms with E-state index in [4.69, 9.17) is 28.4 Å². The van der Waals surface area contributed by atoms with Crippen LogP contribution in [-0.2, 0) is 33.2 Å². The Balaban J connectivity index is 1.46. The molecule has 3 fully saturated rings. The summed E-state index contributed by atoms with van der Waals surface area (Å²) in [6.07, 6.45) is 39.8. The van der Waals surface area contributed by atoms with Gasteiger partial charge in [0.1, 0.15) is 73.2 Å². The monoisotopic (exact) mass is 1280 g/mol. The number of carbonyl (C=O) groups is 1. The molecule has 3 aliphatic heterocycles. The number of aliphatic hydroxyl groups excluding tert-OH is 11. The predicted octanol–water partition coefficient (Wildman–Crippen LogP) is 9.10. The molecule has 3 rings (SSSR count). The van der Waals surface area contributed by atoms with Gasteiger partial charge in [0, 0.05) is 6.42 Å². The largest absolute Gasteiger partial charge is 0.394 e. The van der Waals surface area contributed by atoms with Crippen molar-refractivity contribution in [2.45, 2.75) is 330 Å². The van der Waals surface area contributed by atoms with Crippen LogP contribution in [0.2, 0.25) is 0 Å². The molecule has 0 aromatic rings. The molecule has 0 bridgehead atoms. The van der Waals surface area contributed by atoms with E-state index in [-0.39, 0.29) is 18.9 Å². The van der Waals surface area contributed by atoms with E-state index in [9.17, 15) is 61.0 Å². The number of unbranched alkanes of at least 4 members (excludes halogenated alkanes) is 24. The van der Waals surface area contributed by atoms with Crippen LogP contribution in [0.4, 0.5) is 0 Å². The summed E-state index contributed by atoms with van der Waals surface area (Å²) in [5.41, 5.74) is 0. The number of allylic oxidation sites excluding steroid dienone is 13. The van der Waals surface area contributed by atoms with Crippen molar-refractivity contribution in [1.82, 2.24) is 5.32 Å². The van der Waals surface area contributed by atoms with Gasteiger partial charge < -0.3 is 89.9 Å². The average Bonchev–Trinajstić information content (AvgIpc) is 0.865. The highest BCUT2D eigenvalue weighted by atomic mass is 16.8. The zero-order valence-electron chi connectivity index (χ0n) is 54.8. The first-order valence-electron chi connectivity index (χ1n) is 34.8. The lowest BCUT2D eigenvalue weighted by Gasteiger charge is -2.48. The average molecular weight is 1280 g/mol. The molecule has 90 heavy (non-hydrogen) atoms. The normalized spacial score (nSPS) is 28.6. The first-order chi connectivity index (χ1) is 43.8. The predicted molar refractivity (Wildman–Crippen MR) is 351 cm³/mol. The summed E-state index contributed by atoms with van der Waals surface area (Å²) in [6, 6.07) is -1.00. The number of hydrogen-bond acceptors (Lipinski definition) is 18. The highest BCUT2D eigenvalue weighted by Gasteiger charge is 2.53. The summed E-state index contributed by atoms with van der Waals surface area (Å²) in [5.74, 6) is -0.297. The molecule has 17 unspecified atom stereocenters. The first-order valence-corrected chi connectivity index (χ1v) is 34.8. The first kappa shape index (κ1) is 81.2. The third-order valence-electron chi connectivity index (χ3n) is 16.9. The summed E-state index contributed by atoms with van der Waals surface area (Å²) in [6.45, 7) is 1.59. The summed E-state index contributed by atoms with van der Waals surface area (Å²) < 4.78 is 34.3. The molecule has 12 N–H and O–H groups in total. The Morgan fingerprint density at radius 3 is 1.24 bits per heavy atom. The minimum Gasteiger partial charge on any atom is -0.394 e. The van der Waals surface area contributed by atoms with Gasteiger partial charge in [-0.05, 0) is 83.5 Å². The fraction of sp³-hybridized carbons (Fsp3) is 0.789. The van der Waals surface area contributed by atoms with E-state index >= 15 is 0 Å². The lowest BCUT2D eigenvalue weighted by Crippen LogP contribution is -2.66. The number of nitrogens with one attached hydrogen (secondary N) is 1. The van der Waals surface area contributed by atoms with Crippen LogP contribution < -0.4 is 5.32 Å². The molecule has 0 radical (unpaired) electrons. The topological polar surface area (TPSA) is 307 Å². The summed E-state index contributed by atoms with van der Waals surface area (Å²) in [7, 11) is 0. The second-order valence-electron chi connectivity index (χ2n) is 24.6. The quantitative estimate of drug-likeness (QED) is 0.0200. The van der Waals surface area contributed by atoms with Crippen molar-refractivity contribution in [1.29, 1.82) is 0 Å². The molecule has 0 aromatic carbocycles. The van der Waals surface area contributed by atoms with Gasteiger partial charge >= 0.3 is 0 Å². The van der Waals surface area contributed by atoms with Crippen molar-refractivity contribution < 1.29 is 89.4 Å². The van der Waals surface area contributed by atoms with Crippen molar-refractivity contribution in [3.05, 3.63) is 85.1 Å². The van der Waals surface area contributed by atoms with Gasteiger partial charge in [-0.3, -0.25) is 4.79 Å². The summed E-state index contributed by atoms with van der Waals surface area (Å²) in [4.78, 5) is 13.4. The van der Waals surface area contributed by atoms with Crippen molar-refractivity contribution in [3.63, 3.8) is 0 Å². The highest BCUT2D eigenvalue weighted by Crippen LogP contribution is 2.33. The number of aliphatic hydroxyl groups is 11. The molecule has 0 aromatic heterocycles. The lowest BCUT2D eigenvalue weighted by molar-refractivity contribution is -0.379. The number of amides is 1. The maximum absolute atomic E-state index is 13.4. The standard InChI is InChI=1S/C71H123NO18/c1-3-5-7-9-11-13-15-17-19-21-23-25-27-29-31-33-35-37-39-41-43-45-47-49-59(77)72-54(55(76)48-46-44-42-40-38-36-34-32-30-28-26-24-22-20-18-16-14-12-10-8-6-4-2)53-85-69-65(83)62(80)67(57(51-74)87-69)90-71-66(84)63(81)68(58(52-75)88-71)89-70-64(82)61(79)60(78)56(50-73)86-70/h5,7,11,13,17,19,23,25,30,32,38,40,46,48,54-58,60-71,73-76,78-84H,3-4,6,8-10,12,14-16,18,20-22,24,26-29,31,33-37,39,41-45,47,49-53H2,1-2H3,(H,72,77)/b7-5-,13-11-,19-17-,25-23-,32-30+,40-38+,48-46+.